The lowest BCUT2D eigenvalue weighted by Crippen LogP contribution is -2.14. The van der Waals surface area contributed by atoms with Crippen molar-refractivity contribution < 1.29 is 4.79 Å². The van der Waals surface area contributed by atoms with E-state index >= 15 is 0 Å². The molecule has 0 spiro atoms. The lowest BCUT2D eigenvalue weighted by atomic mass is 9.86. The molecule has 0 saturated carbocycles. The summed E-state index contributed by atoms with van der Waals surface area (Å²) >= 11 is 0. The van der Waals surface area contributed by atoms with Crippen LogP contribution in [-0.4, -0.2) is 6.29 Å². The van der Waals surface area contributed by atoms with E-state index in [1.807, 2.05) is 6.08 Å². The number of allylic oxidation sites excluding steroid dienone is 1. The monoisotopic (exact) mass is 182 g/mol. The molecule has 0 aromatic rings. The van der Waals surface area contributed by atoms with Crippen molar-refractivity contribution in [2.75, 3.05) is 0 Å². The topological polar surface area (TPSA) is 17.1 Å². The van der Waals surface area contributed by atoms with Gasteiger partial charge in [0, 0.05) is 5.92 Å². The lowest BCUT2D eigenvalue weighted by Gasteiger charge is -2.18. The molecule has 0 bridgehead atoms. The summed E-state index contributed by atoms with van der Waals surface area (Å²) in [6.07, 6.45) is 8.62. The van der Waals surface area contributed by atoms with E-state index in [0.29, 0.717) is 5.92 Å². The van der Waals surface area contributed by atoms with Gasteiger partial charge in [0.15, 0.2) is 0 Å². The number of hydrogen-bond acceptors (Lipinski definition) is 1. The Hall–Kier alpha value is -0.590. The third-order valence-electron chi connectivity index (χ3n) is 2.54. The number of hydrogen-bond donors (Lipinski definition) is 0. The molecule has 0 aliphatic carbocycles. The van der Waals surface area contributed by atoms with E-state index in [4.69, 9.17) is 0 Å². The molecule has 0 aliphatic rings. The average molecular weight is 182 g/mol. The molecule has 0 aliphatic heterocycles. The van der Waals surface area contributed by atoms with Crippen LogP contribution in [0.15, 0.2) is 12.7 Å². The molecule has 1 heteroatoms. The van der Waals surface area contributed by atoms with Crippen molar-refractivity contribution in [1.82, 2.24) is 0 Å². The van der Waals surface area contributed by atoms with Gasteiger partial charge in [-0.25, -0.2) is 0 Å². The third-order valence-corrected chi connectivity index (χ3v) is 2.54. The van der Waals surface area contributed by atoms with Crippen molar-refractivity contribution in [3.8, 4) is 0 Å². The highest BCUT2D eigenvalue weighted by Gasteiger charge is 2.16. The summed E-state index contributed by atoms with van der Waals surface area (Å²) in [4.78, 5) is 10.8. The molecule has 0 heterocycles. The van der Waals surface area contributed by atoms with Gasteiger partial charge < -0.3 is 4.79 Å². The van der Waals surface area contributed by atoms with Crippen LogP contribution in [0, 0.1) is 11.8 Å². The zero-order valence-electron chi connectivity index (χ0n) is 8.96. The normalized spacial score (nSPS) is 14.9. The standard InChI is InChI=1S/C12H22O/c1-4-7-9-12(10-13)11(6-3)8-5-2/h6,10-12H,3-5,7-9H2,1-2H3. The van der Waals surface area contributed by atoms with E-state index in [-0.39, 0.29) is 5.92 Å². The lowest BCUT2D eigenvalue weighted by molar-refractivity contribution is -0.112. The number of unbranched alkanes of at least 4 members (excludes halogenated alkanes) is 1. The van der Waals surface area contributed by atoms with Crippen LogP contribution in [-0.2, 0) is 4.79 Å². The summed E-state index contributed by atoms with van der Waals surface area (Å²) in [7, 11) is 0. The summed E-state index contributed by atoms with van der Waals surface area (Å²) < 4.78 is 0. The number of aldehydes is 1. The minimum atomic E-state index is 0.206. The van der Waals surface area contributed by atoms with Crippen molar-refractivity contribution in [2.45, 2.75) is 46.0 Å². The second-order valence-corrected chi connectivity index (χ2v) is 3.63. The van der Waals surface area contributed by atoms with Gasteiger partial charge >= 0.3 is 0 Å². The first-order valence-corrected chi connectivity index (χ1v) is 5.37. The molecule has 13 heavy (non-hydrogen) atoms. The Morgan fingerprint density at radius 3 is 2.23 bits per heavy atom. The highest BCUT2D eigenvalue weighted by molar-refractivity contribution is 5.54. The molecule has 0 N–H and O–H groups in total. The van der Waals surface area contributed by atoms with Crippen molar-refractivity contribution in [3.05, 3.63) is 12.7 Å². The van der Waals surface area contributed by atoms with E-state index in [9.17, 15) is 4.79 Å². The van der Waals surface area contributed by atoms with Gasteiger partial charge in [0.05, 0.1) is 0 Å². The van der Waals surface area contributed by atoms with Gasteiger partial charge in [0.1, 0.15) is 6.29 Å². The van der Waals surface area contributed by atoms with Gasteiger partial charge in [-0.2, -0.15) is 0 Å². The van der Waals surface area contributed by atoms with Crippen LogP contribution >= 0.6 is 0 Å². The Morgan fingerprint density at radius 1 is 1.15 bits per heavy atom. The summed E-state index contributed by atoms with van der Waals surface area (Å²) in [5, 5.41) is 0. The second-order valence-electron chi connectivity index (χ2n) is 3.63. The quantitative estimate of drug-likeness (QED) is 0.414. The first-order valence-electron chi connectivity index (χ1n) is 5.37. The van der Waals surface area contributed by atoms with Gasteiger partial charge in [0.25, 0.3) is 0 Å². The Bertz CT molecular complexity index is 140. The van der Waals surface area contributed by atoms with Gasteiger partial charge in [-0.05, 0) is 18.8 Å². The number of rotatable bonds is 8. The van der Waals surface area contributed by atoms with Crippen LogP contribution < -0.4 is 0 Å². The minimum Gasteiger partial charge on any atom is -0.303 e. The molecular formula is C12H22O. The summed E-state index contributed by atoms with van der Waals surface area (Å²) in [5.41, 5.74) is 0. The molecule has 76 valence electrons. The van der Waals surface area contributed by atoms with Crippen LogP contribution in [0.5, 0.6) is 0 Å². The summed E-state index contributed by atoms with van der Waals surface area (Å²) in [6, 6.07) is 0. The highest BCUT2D eigenvalue weighted by Crippen LogP contribution is 2.22. The smallest absolute Gasteiger partial charge is 0.123 e. The third kappa shape index (κ3) is 4.87. The van der Waals surface area contributed by atoms with Gasteiger partial charge in [0.2, 0.25) is 0 Å². The van der Waals surface area contributed by atoms with Gasteiger partial charge in [-0.1, -0.05) is 39.2 Å². The SMILES string of the molecule is C=CC(CCC)C(C=O)CCCC. The molecule has 0 aromatic carbocycles. The van der Waals surface area contributed by atoms with E-state index in [2.05, 4.69) is 20.4 Å². The fourth-order valence-electron chi connectivity index (χ4n) is 1.66. The first-order chi connectivity index (χ1) is 6.29. The molecule has 1 nitrogen and oxygen atoms in total. The Kier molecular flexibility index (Phi) is 7.66. The fourth-order valence-corrected chi connectivity index (χ4v) is 1.66. The Morgan fingerprint density at radius 2 is 1.85 bits per heavy atom. The number of carbonyl (C=O) groups is 1. The predicted octanol–water partition coefficient (Wildman–Crippen LogP) is 3.59. The highest BCUT2D eigenvalue weighted by atomic mass is 16.1. The van der Waals surface area contributed by atoms with Crippen LogP contribution in [0.3, 0.4) is 0 Å². The Balaban J connectivity index is 3.99. The van der Waals surface area contributed by atoms with E-state index in [1.54, 1.807) is 0 Å². The molecule has 0 rings (SSSR count). The molecular weight excluding hydrogens is 160 g/mol. The van der Waals surface area contributed by atoms with Gasteiger partial charge in [-0.15, -0.1) is 6.58 Å². The van der Waals surface area contributed by atoms with Crippen molar-refractivity contribution >= 4 is 6.29 Å². The van der Waals surface area contributed by atoms with E-state index in [1.165, 1.54) is 6.42 Å². The maximum Gasteiger partial charge on any atom is 0.123 e. The van der Waals surface area contributed by atoms with Crippen LogP contribution in [0.4, 0.5) is 0 Å². The zero-order valence-corrected chi connectivity index (χ0v) is 8.96. The maximum absolute atomic E-state index is 10.8. The van der Waals surface area contributed by atoms with E-state index in [0.717, 1.165) is 32.0 Å². The molecule has 2 atom stereocenters. The molecule has 0 fully saturated rings. The first kappa shape index (κ1) is 12.4. The molecule has 0 radical (unpaired) electrons. The van der Waals surface area contributed by atoms with Gasteiger partial charge in [-0.3, -0.25) is 0 Å². The zero-order chi connectivity index (χ0) is 10.1. The summed E-state index contributed by atoms with van der Waals surface area (Å²) in [5.74, 6) is 0.603. The molecule has 0 saturated heterocycles. The summed E-state index contributed by atoms with van der Waals surface area (Å²) in [6.45, 7) is 8.11. The maximum atomic E-state index is 10.8. The Labute approximate surface area is 82.2 Å². The second kappa shape index (κ2) is 8.03. The van der Waals surface area contributed by atoms with Crippen molar-refractivity contribution in [1.29, 1.82) is 0 Å². The number of carbonyl (C=O) groups excluding carboxylic acids is 1. The largest absolute Gasteiger partial charge is 0.303 e. The average Bonchev–Trinajstić information content (AvgIpc) is 2.17. The van der Waals surface area contributed by atoms with Crippen molar-refractivity contribution in [2.24, 2.45) is 11.8 Å². The minimum absolute atomic E-state index is 0.206. The predicted molar refractivity (Wildman–Crippen MR) is 57.7 cm³/mol. The van der Waals surface area contributed by atoms with Crippen LogP contribution in [0.25, 0.3) is 0 Å². The molecule has 0 aromatic heterocycles. The van der Waals surface area contributed by atoms with Crippen molar-refractivity contribution in [3.63, 3.8) is 0 Å². The molecule has 2 unspecified atom stereocenters. The molecule has 0 amide bonds. The van der Waals surface area contributed by atoms with E-state index < -0.39 is 0 Å². The fraction of sp³-hybridized carbons (Fsp3) is 0.750. The van der Waals surface area contributed by atoms with Crippen LogP contribution in [0.1, 0.15) is 46.0 Å². The van der Waals surface area contributed by atoms with Crippen LogP contribution in [0.2, 0.25) is 0 Å².